The lowest BCUT2D eigenvalue weighted by Crippen LogP contribution is -2.53. The fourth-order valence-corrected chi connectivity index (χ4v) is 1.53. The standard InChI is InChI=1S/C10H20O5/c1-12-3-4-14-5-6-15-9-7-8(11)10(9)13-2/h8-11H,3-7H2,1-2H3. The van der Waals surface area contributed by atoms with Crippen molar-refractivity contribution in [2.24, 2.45) is 0 Å². The van der Waals surface area contributed by atoms with Crippen molar-refractivity contribution in [3.05, 3.63) is 0 Å². The van der Waals surface area contributed by atoms with Crippen LogP contribution in [-0.4, -0.2) is 64.1 Å². The second-order valence-electron chi connectivity index (χ2n) is 3.52. The van der Waals surface area contributed by atoms with Crippen molar-refractivity contribution in [3.8, 4) is 0 Å². The van der Waals surface area contributed by atoms with E-state index in [9.17, 15) is 5.11 Å². The van der Waals surface area contributed by atoms with E-state index in [0.29, 0.717) is 32.8 Å². The molecule has 1 fully saturated rings. The Hall–Kier alpha value is -0.200. The van der Waals surface area contributed by atoms with E-state index in [1.54, 1.807) is 14.2 Å². The normalized spacial score (nSPS) is 30.2. The molecule has 0 bridgehead atoms. The van der Waals surface area contributed by atoms with Crippen LogP contribution in [0, 0.1) is 0 Å². The zero-order chi connectivity index (χ0) is 11.1. The van der Waals surface area contributed by atoms with Crippen molar-refractivity contribution in [2.75, 3.05) is 40.6 Å². The predicted octanol–water partition coefficient (Wildman–Crippen LogP) is -0.186. The highest BCUT2D eigenvalue weighted by Gasteiger charge is 2.40. The average molecular weight is 220 g/mol. The van der Waals surface area contributed by atoms with Gasteiger partial charge in [-0.3, -0.25) is 0 Å². The van der Waals surface area contributed by atoms with Crippen LogP contribution in [-0.2, 0) is 18.9 Å². The zero-order valence-electron chi connectivity index (χ0n) is 9.35. The van der Waals surface area contributed by atoms with Crippen LogP contribution < -0.4 is 0 Å². The molecule has 0 aliphatic heterocycles. The second kappa shape index (κ2) is 7.14. The minimum absolute atomic E-state index is 0.0102. The van der Waals surface area contributed by atoms with E-state index < -0.39 is 0 Å². The summed E-state index contributed by atoms with van der Waals surface area (Å²) in [5, 5.41) is 9.30. The van der Waals surface area contributed by atoms with Crippen LogP contribution in [0.15, 0.2) is 0 Å². The number of hydrogen-bond donors (Lipinski definition) is 1. The third-order valence-corrected chi connectivity index (χ3v) is 2.48. The lowest BCUT2D eigenvalue weighted by Gasteiger charge is -2.39. The molecule has 0 saturated heterocycles. The molecule has 1 rings (SSSR count). The number of ether oxygens (including phenoxy) is 4. The van der Waals surface area contributed by atoms with Crippen molar-refractivity contribution in [3.63, 3.8) is 0 Å². The monoisotopic (exact) mass is 220 g/mol. The van der Waals surface area contributed by atoms with E-state index in [2.05, 4.69) is 0 Å². The first kappa shape index (κ1) is 12.9. The maximum absolute atomic E-state index is 9.30. The van der Waals surface area contributed by atoms with Crippen molar-refractivity contribution < 1.29 is 24.1 Å². The zero-order valence-corrected chi connectivity index (χ0v) is 9.35. The van der Waals surface area contributed by atoms with E-state index in [0.717, 1.165) is 0 Å². The summed E-state index contributed by atoms with van der Waals surface area (Å²) >= 11 is 0. The molecule has 90 valence electrons. The van der Waals surface area contributed by atoms with Gasteiger partial charge in [0.05, 0.1) is 38.6 Å². The summed E-state index contributed by atoms with van der Waals surface area (Å²) < 4.78 is 20.6. The molecule has 0 aromatic heterocycles. The maximum Gasteiger partial charge on any atom is 0.109 e. The van der Waals surface area contributed by atoms with Crippen LogP contribution in [0.2, 0.25) is 0 Å². The van der Waals surface area contributed by atoms with E-state index >= 15 is 0 Å². The first-order chi connectivity index (χ1) is 7.29. The molecule has 0 spiro atoms. The summed E-state index contributed by atoms with van der Waals surface area (Å²) in [6.45, 7) is 2.26. The third kappa shape index (κ3) is 4.04. The molecule has 1 saturated carbocycles. The quantitative estimate of drug-likeness (QED) is 0.575. The molecule has 0 aromatic carbocycles. The van der Waals surface area contributed by atoms with Crippen molar-refractivity contribution in [1.82, 2.24) is 0 Å². The fourth-order valence-electron chi connectivity index (χ4n) is 1.53. The first-order valence-corrected chi connectivity index (χ1v) is 5.18. The van der Waals surface area contributed by atoms with Gasteiger partial charge in [-0.15, -0.1) is 0 Å². The number of hydrogen-bond acceptors (Lipinski definition) is 5. The summed E-state index contributed by atoms with van der Waals surface area (Å²) in [4.78, 5) is 0. The summed E-state index contributed by atoms with van der Waals surface area (Å²) in [5.74, 6) is 0. The molecule has 1 N–H and O–H groups in total. The lowest BCUT2D eigenvalue weighted by atomic mass is 9.88. The smallest absolute Gasteiger partial charge is 0.109 e. The van der Waals surface area contributed by atoms with Crippen LogP contribution in [0.4, 0.5) is 0 Å². The van der Waals surface area contributed by atoms with Gasteiger partial charge in [-0.2, -0.15) is 0 Å². The molecule has 0 radical (unpaired) electrons. The van der Waals surface area contributed by atoms with E-state index in [1.807, 2.05) is 0 Å². The number of methoxy groups -OCH3 is 2. The highest BCUT2D eigenvalue weighted by Crippen LogP contribution is 2.26. The molecule has 3 atom stereocenters. The van der Waals surface area contributed by atoms with Gasteiger partial charge in [0.1, 0.15) is 6.10 Å². The van der Waals surface area contributed by atoms with Crippen molar-refractivity contribution >= 4 is 0 Å². The Morgan fingerprint density at radius 2 is 1.87 bits per heavy atom. The minimum Gasteiger partial charge on any atom is -0.390 e. The summed E-state index contributed by atoms with van der Waals surface area (Å²) in [5.41, 5.74) is 0. The SMILES string of the molecule is COCCOCCOC1CC(O)C1OC. The second-order valence-corrected chi connectivity index (χ2v) is 3.52. The van der Waals surface area contributed by atoms with Gasteiger partial charge in [0.25, 0.3) is 0 Å². The van der Waals surface area contributed by atoms with Gasteiger partial charge < -0.3 is 24.1 Å². The Morgan fingerprint density at radius 1 is 1.13 bits per heavy atom. The minimum atomic E-state index is -0.380. The highest BCUT2D eigenvalue weighted by molar-refractivity contribution is 4.91. The Bertz CT molecular complexity index is 164. The first-order valence-electron chi connectivity index (χ1n) is 5.18. The molecule has 15 heavy (non-hydrogen) atoms. The fraction of sp³-hybridized carbons (Fsp3) is 1.00. The molecule has 1 aliphatic carbocycles. The van der Waals surface area contributed by atoms with Crippen LogP contribution in [0.5, 0.6) is 0 Å². The Kier molecular flexibility index (Phi) is 6.12. The summed E-state index contributed by atoms with van der Waals surface area (Å²) in [7, 11) is 3.22. The van der Waals surface area contributed by atoms with Gasteiger partial charge in [-0.05, 0) is 0 Å². The lowest BCUT2D eigenvalue weighted by molar-refractivity contribution is -0.185. The molecule has 5 heteroatoms. The van der Waals surface area contributed by atoms with Crippen LogP contribution in [0.3, 0.4) is 0 Å². The van der Waals surface area contributed by atoms with Crippen molar-refractivity contribution in [2.45, 2.75) is 24.7 Å². The van der Waals surface area contributed by atoms with Crippen LogP contribution >= 0.6 is 0 Å². The van der Waals surface area contributed by atoms with E-state index in [1.165, 1.54) is 0 Å². The third-order valence-electron chi connectivity index (χ3n) is 2.48. The van der Waals surface area contributed by atoms with Gasteiger partial charge >= 0.3 is 0 Å². The molecule has 5 nitrogen and oxygen atoms in total. The average Bonchev–Trinajstić information content (AvgIpc) is 2.22. The molecule has 3 unspecified atom stereocenters. The maximum atomic E-state index is 9.30. The van der Waals surface area contributed by atoms with Gasteiger partial charge in [-0.25, -0.2) is 0 Å². The van der Waals surface area contributed by atoms with Gasteiger partial charge in [0.2, 0.25) is 0 Å². The highest BCUT2D eigenvalue weighted by atomic mass is 16.6. The van der Waals surface area contributed by atoms with Crippen molar-refractivity contribution in [1.29, 1.82) is 0 Å². The molecule has 1 aliphatic rings. The van der Waals surface area contributed by atoms with Crippen LogP contribution in [0.1, 0.15) is 6.42 Å². The summed E-state index contributed by atoms with van der Waals surface area (Å²) in [6.07, 6.45) is 0.103. The number of rotatable bonds is 8. The molecular weight excluding hydrogens is 200 g/mol. The largest absolute Gasteiger partial charge is 0.390 e. The van der Waals surface area contributed by atoms with E-state index in [-0.39, 0.29) is 18.3 Å². The Balaban J connectivity index is 1.92. The number of aliphatic hydroxyl groups is 1. The summed E-state index contributed by atoms with van der Waals surface area (Å²) in [6, 6.07) is 0. The van der Waals surface area contributed by atoms with Gasteiger partial charge in [0.15, 0.2) is 0 Å². The Labute approximate surface area is 90.3 Å². The van der Waals surface area contributed by atoms with E-state index in [4.69, 9.17) is 18.9 Å². The molecule has 0 amide bonds. The van der Waals surface area contributed by atoms with Gasteiger partial charge in [-0.1, -0.05) is 0 Å². The molecule has 0 aromatic rings. The molecule has 0 heterocycles. The van der Waals surface area contributed by atoms with Crippen LogP contribution in [0.25, 0.3) is 0 Å². The Morgan fingerprint density at radius 3 is 2.47 bits per heavy atom. The predicted molar refractivity (Wildman–Crippen MR) is 53.9 cm³/mol. The number of aliphatic hydroxyl groups excluding tert-OH is 1. The topological polar surface area (TPSA) is 57.2 Å². The van der Waals surface area contributed by atoms with Gasteiger partial charge in [0, 0.05) is 20.6 Å². The molecular formula is C10H20O5.